The molecule has 0 aliphatic carbocycles. The number of nitrogens with zero attached hydrogens (tertiary/aromatic N) is 1. The normalized spacial score (nSPS) is 11.1. The molecule has 1 N–H and O–H groups in total. The van der Waals surface area contributed by atoms with E-state index in [9.17, 15) is 4.79 Å². The minimum atomic E-state index is -0.364. The van der Waals surface area contributed by atoms with Gasteiger partial charge in [-0.2, -0.15) is 0 Å². The Balaban J connectivity index is 1.55. The van der Waals surface area contributed by atoms with Crippen LogP contribution in [0.3, 0.4) is 0 Å². The maximum atomic E-state index is 11.9. The minimum Gasteiger partial charge on any atom is -0.497 e. The second-order valence-corrected chi connectivity index (χ2v) is 7.48. The van der Waals surface area contributed by atoms with Crippen molar-refractivity contribution in [3.63, 3.8) is 0 Å². The number of fused-ring (bicyclic) bond motifs is 1. The highest BCUT2D eigenvalue weighted by molar-refractivity contribution is 7.98. The summed E-state index contributed by atoms with van der Waals surface area (Å²) < 4.78 is 10.5. The van der Waals surface area contributed by atoms with Crippen LogP contribution in [0.15, 0.2) is 69.0 Å². The molecule has 0 saturated heterocycles. The summed E-state index contributed by atoms with van der Waals surface area (Å²) in [6, 6.07) is 17.4. The average Bonchev–Trinajstić information content (AvgIpc) is 3.05. The van der Waals surface area contributed by atoms with Gasteiger partial charge in [0.05, 0.1) is 12.8 Å². The van der Waals surface area contributed by atoms with Gasteiger partial charge in [0.25, 0.3) is 0 Å². The zero-order valence-corrected chi connectivity index (χ0v) is 16.5. The van der Waals surface area contributed by atoms with Crippen molar-refractivity contribution in [1.82, 2.24) is 9.97 Å². The molecular formula is C22H20N2O3S. The van der Waals surface area contributed by atoms with E-state index in [0.717, 1.165) is 33.9 Å². The summed E-state index contributed by atoms with van der Waals surface area (Å²) in [5, 5.41) is 1.75. The monoisotopic (exact) mass is 392 g/mol. The summed E-state index contributed by atoms with van der Waals surface area (Å²) in [6.45, 7) is 2.04. The van der Waals surface area contributed by atoms with E-state index in [1.165, 1.54) is 5.56 Å². The van der Waals surface area contributed by atoms with Crippen LogP contribution in [-0.2, 0) is 12.2 Å². The van der Waals surface area contributed by atoms with Crippen molar-refractivity contribution in [2.24, 2.45) is 0 Å². The number of rotatable bonds is 6. The van der Waals surface area contributed by atoms with Gasteiger partial charge in [0, 0.05) is 35.4 Å². The average molecular weight is 392 g/mol. The first-order valence-corrected chi connectivity index (χ1v) is 9.94. The molecule has 2 aromatic carbocycles. The van der Waals surface area contributed by atoms with Gasteiger partial charge >= 0.3 is 5.63 Å². The number of hydrogen-bond acceptors (Lipinski definition) is 5. The standard InChI is InChI=1S/C22H20N2O3S/c1-14-19(10-15-6-4-3-5-7-15)24-22(23-14)28-13-16-11-21(25)27-20-12-17(26-2)8-9-18(16)20/h3-9,11-12H,10,13H2,1-2H3,(H,23,24). The van der Waals surface area contributed by atoms with Crippen LogP contribution in [0.1, 0.15) is 22.5 Å². The molecule has 0 atom stereocenters. The van der Waals surface area contributed by atoms with Crippen LogP contribution in [0.2, 0.25) is 0 Å². The van der Waals surface area contributed by atoms with Crippen LogP contribution in [0.25, 0.3) is 11.0 Å². The molecule has 0 aliphatic heterocycles. The predicted molar refractivity (Wildman–Crippen MR) is 111 cm³/mol. The Hall–Kier alpha value is -2.99. The smallest absolute Gasteiger partial charge is 0.336 e. The Bertz CT molecular complexity index is 1170. The van der Waals surface area contributed by atoms with Crippen LogP contribution in [0, 0.1) is 6.92 Å². The van der Waals surface area contributed by atoms with E-state index in [-0.39, 0.29) is 5.63 Å². The molecule has 5 nitrogen and oxygen atoms in total. The molecule has 0 unspecified atom stereocenters. The number of methoxy groups -OCH3 is 1. The molecule has 0 radical (unpaired) electrons. The largest absolute Gasteiger partial charge is 0.497 e. The minimum absolute atomic E-state index is 0.364. The number of thioether (sulfide) groups is 1. The lowest BCUT2D eigenvalue weighted by Crippen LogP contribution is -2.00. The molecule has 0 amide bonds. The van der Waals surface area contributed by atoms with E-state index < -0.39 is 0 Å². The molecule has 2 heterocycles. The number of ether oxygens (including phenoxy) is 1. The zero-order valence-electron chi connectivity index (χ0n) is 15.7. The van der Waals surface area contributed by atoms with Gasteiger partial charge in [-0.25, -0.2) is 9.78 Å². The Morgan fingerprint density at radius 1 is 1.14 bits per heavy atom. The lowest BCUT2D eigenvalue weighted by molar-refractivity contribution is 0.414. The molecule has 28 heavy (non-hydrogen) atoms. The topological polar surface area (TPSA) is 68.1 Å². The number of aromatic amines is 1. The molecule has 142 valence electrons. The van der Waals surface area contributed by atoms with Gasteiger partial charge in [-0.15, -0.1) is 0 Å². The maximum Gasteiger partial charge on any atom is 0.336 e. The van der Waals surface area contributed by atoms with Crippen molar-refractivity contribution in [3.05, 3.63) is 87.5 Å². The zero-order chi connectivity index (χ0) is 19.5. The predicted octanol–water partition coefficient (Wildman–Crippen LogP) is 4.72. The first-order chi connectivity index (χ1) is 13.6. The third-order valence-corrected chi connectivity index (χ3v) is 5.50. The van der Waals surface area contributed by atoms with Gasteiger partial charge in [0.2, 0.25) is 0 Å². The summed E-state index contributed by atoms with van der Waals surface area (Å²) in [5.74, 6) is 1.28. The molecule has 6 heteroatoms. The SMILES string of the molecule is COc1ccc2c(CSc3nc(Cc4ccccc4)c(C)[nH]3)cc(=O)oc2c1. The van der Waals surface area contributed by atoms with E-state index >= 15 is 0 Å². The number of H-pyrrole nitrogens is 1. The molecule has 0 bridgehead atoms. The van der Waals surface area contributed by atoms with Gasteiger partial charge in [-0.3, -0.25) is 0 Å². The van der Waals surface area contributed by atoms with Crippen molar-refractivity contribution < 1.29 is 9.15 Å². The highest BCUT2D eigenvalue weighted by atomic mass is 32.2. The summed E-state index contributed by atoms with van der Waals surface area (Å²) in [4.78, 5) is 20.0. The third-order valence-electron chi connectivity index (χ3n) is 4.58. The number of aryl methyl sites for hydroxylation is 1. The van der Waals surface area contributed by atoms with Gasteiger partial charge in [-0.05, 0) is 30.2 Å². The van der Waals surface area contributed by atoms with Crippen LogP contribution in [0.4, 0.5) is 0 Å². The van der Waals surface area contributed by atoms with E-state index in [4.69, 9.17) is 14.1 Å². The summed E-state index contributed by atoms with van der Waals surface area (Å²) in [7, 11) is 1.59. The highest BCUT2D eigenvalue weighted by Gasteiger charge is 2.11. The number of nitrogens with one attached hydrogen (secondary N) is 1. The number of benzene rings is 2. The van der Waals surface area contributed by atoms with Crippen molar-refractivity contribution >= 4 is 22.7 Å². The van der Waals surface area contributed by atoms with Crippen molar-refractivity contribution in [2.45, 2.75) is 24.3 Å². The third kappa shape index (κ3) is 3.97. The van der Waals surface area contributed by atoms with Crippen LogP contribution >= 0.6 is 11.8 Å². The Labute approximate surface area is 166 Å². The Morgan fingerprint density at radius 2 is 1.96 bits per heavy atom. The van der Waals surface area contributed by atoms with Crippen molar-refractivity contribution in [3.8, 4) is 5.75 Å². The lowest BCUT2D eigenvalue weighted by Gasteiger charge is -2.06. The molecular weight excluding hydrogens is 372 g/mol. The van der Waals surface area contributed by atoms with Crippen LogP contribution in [0.5, 0.6) is 5.75 Å². The fourth-order valence-corrected chi connectivity index (χ4v) is 4.03. The second-order valence-electron chi connectivity index (χ2n) is 6.52. The van der Waals surface area contributed by atoms with Crippen molar-refractivity contribution in [1.29, 1.82) is 0 Å². The van der Waals surface area contributed by atoms with Crippen LogP contribution < -0.4 is 10.4 Å². The molecule has 2 aromatic heterocycles. The van der Waals surface area contributed by atoms with E-state index in [2.05, 4.69) is 17.1 Å². The van der Waals surface area contributed by atoms with Crippen molar-refractivity contribution in [2.75, 3.05) is 7.11 Å². The highest BCUT2D eigenvalue weighted by Crippen LogP contribution is 2.28. The van der Waals surface area contributed by atoms with E-state index in [1.54, 1.807) is 31.0 Å². The van der Waals surface area contributed by atoms with Gasteiger partial charge in [0.1, 0.15) is 11.3 Å². The first kappa shape index (κ1) is 18.4. The maximum absolute atomic E-state index is 11.9. The van der Waals surface area contributed by atoms with Gasteiger partial charge in [0.15, 0.2) is 5.16 Å². The molecule has 4 rings (SSSR count). The van der Waals surface area contributed by atoms with Crippen LogP contribution in [-0.4, -0.2) is 17.1 Å². The number of hydrogen-bond donors (Lipinski definition) is 1. The molecule has 0 aliphatic rings. The fourth-order valence-electron chi connectivity index (χ4n) is 3.10. The lowest BCUT2D eigenvalue weighted by atomic mass is 10.1. The molecule has 4 aromatic rings. The fraction of sp³-hybridized carbons (Fsp3) is 0.182. The van der Waals surface area contributed by atoms with E-state index in [1.807, 2.05) is 37.3 Å². The van der Waals surface area contributed by atoms with Gasteiger partial charge in [-0.1, -0.05) is 42.1 Å². The Kier molecular flexibility index (Phi) is 5.21. The quantitative estimate of drug-likeness (QED) is 0.380. The summed E-state index contributed by atoms with van der Waals surface area (Å²) >= 11 is 1.57. The number of imidazole rings is 1. The summed E-state index contributed by atoms with van der Waals surface area (Å²) in [6.07, 6.45) is 0.793. The molecule has 0 spiro atoms. The van der Waals surface area contributed by atoms with Gasteiger partial charge < -0.3 is 14.1 Å². The number of aromatic nitrogens is 2. The molecule has 0 saturated carbocycles. The summed E-state index contributed by atoms with van der Waals surface area (Å²) in [5.41, 5.74) is 4.41. The molecule has 0 fully saturated rings. The first-order valence-electron chi connectivity index (χ1n) is 8.95. The Morgan fingerprint density at radius 3 is 2.75 bits per heavy atom. The van der Waals surface area contributed by atoms with E-state index in [0.29, 0.717) is 17.1 Å². The second kappa shape index (κ2) is 7.94.